The number of amides is 1. The number of hydrogen-bond donors (Lipinski definition) is 1. The van der Waals surface area contributed by atoms with Crippen molar-refractivity contribution in [1.29, 1.82) is 0 Å². The highest BCUT2D eigenvalue weighted by atomic mass is 16.6. The van der Waals surface area contributed by atoms with Crippen LogP contribution in [-0.2, 0) is 6.54 Å². The van der Waals surface area contributed by atoms with Crippen molar-refractivity contribution < 1.29 is 18.6 Å². The van der Waals surface area contributed by atoms with E-state index in [1.54, 1.807) is 47.6 Å². The number of nitrogens with one attached hydrogen (secondary N) is 1. The Morgan fingerprint density at radius 2 is 1.90 bits per heavy atom. The average Bonchev–Trinajstić information content (AvgIpc) is 3.48. The number of para-hydroxylation sites is 1. The van der Waals surface area contributed by atoms with Crippen LogP contribution in [-0.4, -0.2) is 15.7 Å². The third-order valence-corrected chi connectivity index (χ3v) is 5.17. The molecule has 31 heavy (non-hydrogen) atoms. The number of carbonyl (C=O) groups is 1. The average molecular weight is 415 g/mol. The number of carbonyl (C=O) groups excluding carboxylic acids is 1. The van der Waals surface area contributed by atoms with Gasteiger partial charge in [-0.25, -0.2) is 0 Å². The number of furan rings is 2. The lowest BCUT2D eigenvalue weighted by Gasteiger charge is -2.36. The Bertz CT molecular complexity index is 1260. The Labute approximate surface area is 176 Å². The molecule has 1 N–H and O–H groups in total. The zero-order valence-corrected chi connectivity index (χ0v) is 16.2. The van der Waals surface area contributed by atoms with Gasteiger partial charge in [0.05, 0.1) is 23.3 Å². The van der Waals surface area contributed by atoms with E-state index in [1.165, 1.54) is 12.1 Å². The van der Waals surface area contributed by atoms with Gasteiger partial charge in [-0.3, -0.25) is 14.9 Å². The van der Waals surface area contributed by atoms with Gasteiger partial charge in [0, 0.05) is 23.4 Å². The van der Waals surface area contributed by atoms with Crippen LogP contribution in [0.2, 0.25) is 0 Å². The van der Waals surface area contributed by atoms with Crippen LogP contribution in [0.3, 0.4) is 0 Å². The summed E-state index contributed by atoms with van der Waals surface area (Å²) >= 11 is 0. The van der Waals surface area contributed by atoms with E-state index in [2.05, 4.69) is 5.32 Å². The number of benzene rings is 2. The SMILES string of the molecule is O=C1c2ccccc2N[C@H](c2ccc(-c3cccc([N+](=O)[O-])c3)o2)N1Cc1ccco1. The van der Waals surface area contributed by atoms with Gasteiger partial charge >= 0.3 is 0 Å². The first-order valence-electron chi connectivity index (χ1n) is 9.63. The molecule has 1 aliphatic heterocycles. The summed E-state index contributed by atoms with van der Waals surface area (Å²) in [5.74, 6) is 1.48. The van der Waals surface area contributed by atoms with E-state index in [0.29, 0.717) is 34.1 Å². The molecule has 0 unspecified atom stereocenters. The molecule has 1 amide bonds. The predicted octanol–water partition coefficient (Wildman–Crippen LogP) is 5.21. The molecule has 2 aromatic carbocycles. The molecule has 0 bridgehead atoms. The zero-order chi connectivity index (χ0) is 21.4. The Balaban J connectivity index is 1.52. The molecule has 2 aromatic heterocycles. The number of nitro groups is 1. The summed E-state index contributed by atoms with van der Waals surface area (Å²) in [4.78, 5) is 25.5. The maximum atomic E-state index is 13.3. The Hall–Kier alpha value is -4.33. The van der Waals surface area contributed by atoms with E-state index < -0.39 is 11.1 Å². The van der Waals surface area contributed by atoms with E-state index in [0.717, 1.165) is 0 Å². The molecular weight excluding hydrogens is 398 g/mol. The minimum atomic E-state index is -0.569. The van der Waals surface area contributed by atoms with Crippen molar-refractivity contribution >= 4 is 17.3 Å². The van der Waals surface area contributed by atoms with E-state index in [-0.39, 0.29) is 18.1 Å². The maximum absolute atomic E-state index is 13.3. The molecule has 3 heterocycles. The number of nitrogens with zero attached hydrogens (tertiary/aromatic N) is 2. The maximum Gasteiger partial charge on any atom is 0.270 e. The highest BCUT2D eigenvalue weighted by Gasteiger charge is 2.35. The van der Waals surface area contributed by atoms with E-state index >= 15 is 0 Å². The van der Waals surface area contributed by atoms with Gasteiger partial charge in [-0.1, -0.05) is 24.3 Å². The fourth-order valence-corrected chi connectivity index (χ4v) is 3.68. The van der Waals surface area contributed by atoms with Gasteiger partial charge in [0.25, 0.3) is 11.6 Å². The van der Waals surface area contributed by atoms with Crippen LogP contribution in [0.5, 0.6) is 0 Å². The molecule has 4 aromatic rings. The summed E-state index contributed by atoms with van der Waals surface area (Å²) < 4.78 is 11.5. The third kappa shape index (κ3) is 3.44. The van der Waals surface area contributed by atoms with E-state index in [1.807, 2.05) is 24.3 Å². The topological polar surface area (TPSA) is 102 Å². The molecule has 0 spiro atoms. The molecule has 0 saturated carbocycles. The van der Waals surface area contributed by atoms with Gasteiger partial charge in [0.15, 0.2) is 6.17 Å². The summed E-state index contributed by atoms with van der Waals surface area (Å²) in [6, 6.07) is 20.6. The molecular formula is C23H17N3O5. The fraction of sp³-hybridized carbons (Fsp3) is 0.0870. The molecule has 0 saturated heterocycles. The van der Waals surface area contributed by atoms with Gasteiger partial charge in [0.1, 0.15) is 17.3 Å². The van der Waals surface area contributed by atoms with E-state index in [4.69, 9.17) is 8.83 Å². The molecule has 0 fully saturated rings. The van der Waals surface area contributed by atoms with Crippen molar-refractivity contribution in [3.8, 4) is 11.3 Å². The van der Waals surface area contributed by atoms with Crippen LogP contribution in [0.4, 0.5) is 11.4 Å². The van der Waals surface area contributed by atoms with Crippen molar-refractivity contribution in [3.05, 3.63) is 106 Å². The van der Waals surface area contributed by atoms with Gasteiger partial charge in [0.2, 0.25) is 0 Å². The number of anilines is 1. The second-order valence-electron chi connectivity index (χ2n) is 7.11. The molecule has 8 heteroatoms. The quantitative estimate of drug-likeness (QED) is 0.354. The first-order chi connectivity index (χ1) is 15.1. The molecule has 0 aliphatic carbocycles. The molecule has 5 rings (SSSR count). The Morgan fingerprint density at radius 3 is 2.71 bits per heavy atom. The van der Waals surface area contributed by atoms with Gasteiger partial charge < -0.3 is 19.1 Å². The van der Waals surface area contributed by atoms with Gasteiger partial charge in [-0.15, -0.1) is 0 Å². The molecule has 1 aliphatic rings. The second-order valence-corrected chi connectivity index (χ2v) is 7.11. The normalized spacial score (nSPS) is 15.4. The second kappa shape index (κ2) is 7.49. The lowest BCUT2D eigenvalue weighted by Crippen LogP contribution is -2.42. The summed E-state index contributed by atoms with van der Waals surface area (Å²) in [6.07, 6.45) is 0.993. The van der Waals surface area contributed by atoms with Crippen molar-refractivity contribution in [2.45, 2.75) is 12.7 Å². The minimum absolute atomic E-state index is 0.0187. The largest absolute Gasteiger partial charge is 0.467 e. The summed E-state index contributed by atoms with van der Waals surface area (Å²) in [5, 5.41) is 14.5. The number of rotatable bonds is 5. The molecule has 8 nitrogen and oxygen atoms in total. The van der Waals surface area contributed by atoms with Crippen molar-refractivity contribution in [1.82, 2.24) is 4.90 Å². The van der Waals surface area contributed by atoms with Crippen LogP contribution in [0.1, 0.15) is 28.0 Å². The van der Waals surface area contributed by atoms with Crippen LogP contribution in [0, 0.1) is 10.1 Å². The number of non-ortho nitro benzene ring substituents is 1. The smallest absolute Gasteiger partial charge is 0.270 e. The summed E-state index contributed by atoms with van der Waals surface area (Å²) in [5.41, 5.74) is 1.84. The lowest BCUT2D eigenvalue weighted by atomic mass is 10.1. The van der Waals surface area contributed by atoms with Crippen LogP contribution in [0.15, 0.2) is 87.9 Å². The molecule has 0 radical (unpaired) electrons. The monoisotopic (exact) mass is 415 g/mol. The van der Waals surface area contributed by atoms with Gasteiger partial charge in [-0.05, 0) is 36.4 Å². The van der Waals surface area contributed by atoms with Crippen molar-refractivity contribution in [2.24, 2.45) is 0 Å². The highest BCUT2D eigenvalue weighted by molar-refractivity contribution is 6.01. The summed E-state index contributed by atoms with van der Waals surface area (Å²) in [6.45, 7) is 0.255. The first-order valence-corrected chi connectivity index (χ1v) is 9.63. The Morgan fingerprint density at radius 1 is 1.03 bits per heavy atom. The van der Waals surface area contributed by atoms with Crippen molar-refractivity contribution in [2.75, 3.05) is 5.32 Å². The number of nitro benzene ring substituents is 1. The third-order valence-electron chi connectivity index (χ3n) is 5.17. The van der Waals surface area contributed by atoms with Crippen LogP contribution >= 0.6 is 0 Å². The first kappa shape index (κ1) is 18.7. The molecule has 1 atom stereocenters. The highest BCUT2D eigenvalue weighted by Crippen LogP contribution is 2.36. The van der Waals surface area contributed by atoms with Crippen LogP contribution < -0.4 is 5.32 Å². The Kier molecular flexibility index (Phi) is 4.51. The minimum Gasteiger partial charge on any atom is -0.467 e. The number of fused-ring (bicyclic) bond motifs is 1. The zero-order valence-electron chi connectivity index (χ0n) is 16.2. The standard InChI is InChI=1S/C23H17N3O5/c27-23-18-8-1-2-9-19(18)24-22(25(23)14-17-7-4-12-30-17)21-11-10-20(31-21)15-5-3-6-16(13-15)26(28)29/h1-13,22,24H,14H2/t22-/m0/s1. The fourth-order valence-electron chi connectivity index (χ4n) is 3.68. The predicted molar refractivity (Wildman–Crippen MR) is 112 cm³/mol. The van der Waals surface area contributed by atoms with Crippen molar-refractivity contribution in [3.63, 3.8) is 0 Å². The van der Waals surface area contributed by atoms with Gasteiger partial charge in [-0.2, -0.15) is 0 Å². The van der Waals surface area contributed by atoms with Crippen LogP contribution in [0.25, 0.3) is 11.3 Å². The lowest BCUT2D eigenvalue weighted by molar-refractivity contribution is -0.384. The summed E-state index contributed by atoms with van der Waals surface area (Å²) in [7, 11) is 0. The number of hydrogen-bond acceptors (Lipinski definition) is 6. The molecule has 154 valence electrons. The van der Waals surface area contributed by atoms with E-state index in [9.17, 15) is 14.9 Å².